The first kappa shape index (κ1) is 15.6. The number of carbonyl (C=O) groups excluding carboxylic acids is 1. The number of methoxy groups -OCH3 is 2. The monoisotopic (exact) mass is 400 g/mol. The zero-order valence-corrected chi connectivity index (χ0v) is 15.0. The molecule has 25 heavy (non-hydrogen) atoms. The molecule has 0 saturated heterocycles. The lowest BCUT2D eigenvalue weighted by atomic mass is 10.1. The Morgan fingerprint density at radius 1 is 1.16 bits per heavy atom. The predicted molar refractivity (Wildman–Crippen MR) is 97.9 cm³/mol. The number of hydrogen-bond donors (Lipinski definition) is 1. The third-order valence-corrected chi connectivity index (χ3v) is 4.46. The molecule has 2 aromatic carbocycles. The largest absolute Gasteiger partial charge is 0.493 e. The highest BCUT2D eigenvalue weighted by Gasteiger charge is 2.32. The number of amides is 2. The van der Waals surface area contributed by atoms with Crippen LogP contribution in [0, 0.1) is 0 Å². The first-order chi connectivity index (χ1) is 12.1. The summed E-state index contributed by atoms with van der Waals surface area (Å²) in [5.74, 6) is 1.42. The van der Waals surface area contributed by atoms with E-state index < -0.39 is 0 Å². The Bertz CT molecular complexity index is 1010. The molecule has 1 aromatic heterocycles. The van der Waals surface area contributed by atoms with Gasteiger partial charge in [-0.25, -0.2) is 19.7 Å². The molecule has 0 spiro atoms. The molecule has 1 N–H and O–H groups in total. The van der Waals surface area contributed by atoms with Crippen molar-refractivity contribution in [2.24, 2.45) is 0 Å². The van der Waals surface area contributed by atoms with Crippen LogP contribution in [-0.4, -0.2) is 30.2 Å². The molecular weight excluding hydrogens is 388 g/mol. The third kappa shape index (κ3) is 2.37. The molecule has 0 bridgehead atoms. The predicted octanol–water partition coefficient (Wildman–Crippen LogP) is 4.09. The van der Waals surface area contributed by atoms with Crippen molar-refractivity contribution in [3.63, 3.8) is 0 Å². The molecule has 1 aliphatic rings. The minimum Gasteiger partial charge on any atom is -0.493 e. The second-order valence-electron chi connectivity index (χ2n) is 5.32. The van der Waals surface area contributed by atoms with E-state index >= 15 is 0 Å². The number of anilines is 3. The van der Waals surface area contributed by atoms with E-state index in [4.69, 9.17) is 9.47 Å². The molecule has 0 radical (unpaired) electrons. The molecule has 2 amide bonds. The maximum atomic E-state index is 12.8. The number of carbonyl (C=O) groups is 1. The number of urea groups is 1. The summed E-state index contributed by atoms with van der Waals surface area (Å²) in [7, 11) is 3.06. The SMILES string of the molecule is COc1cc2ncnc3c2c(c1OC)NC(=O)N3c1cccc(Br)c1. The summed E-state index contributed by atoms with van der Waals surface area (Å²) in [6.07, 6.45) is 1.43. The normalized spacial score (nSPS) is 12.9. The van der Waals surface area contributed by atoms with Gasteiger partial charge in [-0.05, 0) is 18.2 Å². The fraction of sp³-hybridized carbons (Fsp3) is 0.118. The minimum absolute atomic E-state index is 0.336. The quantitative estimate of drug-likeness (QED) is 0.716. The van der Waals surface area contributed by atoms with Crippen molar-refractivity contribution in [3.05, 3.63) is 41.1 Å². The third-order valence-electron chi connectivity index (χ3n) is 3.96. The van der Waals surface area contributed by atoms with Crippen LogP contribution in [0.5, 0.6) is 11.5 Å². The van der Waals surface area contributed by atoms with Gasteiger partial charge in [-0.3, -0.25) is 0 Å². The fourth-order valence-corrected chi connectivity index (χ4v) is 3.31. The van der Waals surface area contributed by atoms with E-state index in [1.54, 1.807) is 6.07 Å². The number of halogens is 1. The lowest BCUT2D eigenvalue weighted by molar-refractivity contribution is 0.258. The van der Waals surface area contributed by atoms with Crippen LogP contribution >= 0.6 is 15.9 Å². The van der Waals surface area contributed by atoms with E-state index in [0.717, 1.165) is 4.47 Å². The first-order valence-electron chi connectivity index (χ1n) is 7.40. The Morgan fingerprint density at radius 2 is 2.00 bits per heavy atom. The lowest BCUT2D eigenvalue weighted by Crippen LogP contribution is -2.35. The summed E-state index contributed by atoms with van der Waals surface area (Å²) in [4.78, 5) is 23.0. The number of benzene rings is 2. The summed E-state index contributed by atoms with van der Waals surface area (Å²) >= 11 is 3.43. The average Bonchev–Trinajstić information content (AvgIpc) is 2.61. The smallest absolute Gasteiger partial charge is 0.332 e. The Labute approximate surface area is 151 Å². The van der Waals surface area contributed by atoms with Crippen molar-refractivity contribution in [3.8, 4) is 11.5 Å². The zero-order chi connectivity index (χ0) is 17.6. The fourth-order valence-electron chi connectivity index (χ4n) is 2.92. The van der Waals surface area contributed by atoms with Crippen LogP contribution in [0.2, 0.25) is 0 Å². The Balaban J connectivity index is 2.04. The van der Waals surface area contributed by atoms with Gasteiger partial charge in [0.2, 0.25) is 0 Å². The summed E-state index contributed by atoms with van der Waals surface area (Å²) in [5, 5.41) is 3.57. The highest BCUT2D eigenvalue weighted by molar-refractivity contribution is 9.10. The van der Waals surface area contributed by atoms with Gasteiger partial charge in [0, 0.05) is 10.5 Å². The van der Waals surface area contributed by atoms with Crippen LogP contribution < -0.4 is 19.7 Å². The molecule has 0 unspecified atom stereocenters. The molecule has 4 rings (SSSR count). The number of rotatable bonds is 3. The number of aromatic nitrogens is 2. The second-order valence-corrected chi connectivity index (χ2v) is 6.24. The van der Waals surface area contributed by atoms with E-state index in [1.807, 2.05) is 24.3 Å². The Morgan fingerprint density at radius 3 is 2.72 bits per heavy atom. The Hall–Kier alpha value is -2.87. The molecule has 0 aliphatic carbocycles. The second kappa shape index (κ2) is 5.89. The van der Waals surface area contributed by atoms with Crippen molar-refractivity contribution in [2.45, 2.75) is 0 Å². The lowest BCUT2D eigenvalue weighted by Gasteiger charge is -2.29. The van der Waals surface area contributed by atoms with E-state index in [2.05, 4.69) is 31.2 Å². The van der Waals surface area contributed by atoms with Gasteiger partial charge in [0.05, 0.1) is 30.8 Å². The average molecular weight is 401 g/mol. The van der Waals surface area contributed by atoms with Crippen LogP contribution in [0.3, 0.4) is 0 Å². The molecule has 0 atom stereocenters. The molecule has 3 aromatic rings. The minimum atomic E-state index is -0.336. The summed E-state index contributed by atoms with van der Waals surface area (Å²) < 4.78 is 11.7. The van der Waals surface area contributed by atoms with Crippen LogP contribution in [0.4, 0.5) is 22.0 Å². The molecule has 8 heteroatoms. The summed E-state index contributed by atoms with van der Waals surface area (Å²) in [6.45, 7) is 0. The van der Waals surface area contributed by atoms with Gasteiger partial charge in [-0.15, -0.1) is 0 Å². The number of nitrogens with zero attached hydrogens (tertiary/aromatic N) is 3. The van der Waals surface area contributed by atoms with Crippen molar-refractivity contribution < 1.29 is 14.3 Å². The van der Waals surface area contributed by atoms with Gasteiger partial charge < -0.3 is 14.8 Å². The topological polar surface area (TPSA) is 76.6 Å². The molecule has 1 aliphatic heterocycles. The van der Waals surface area contributed by atoms with Gasteiger partial charge >= 0.3 is 6.03 Å². The van der Waals surface area contributed by atoms with Crippen molar-refractivity contribution >= 4 is 50.1 Å². The van der Waals surface area contributed by atoms with Gasteiger partial charge in [0.1, 0.15) is 12.0 Å². The van der Waals surface area contributed by atoms with Crippen LogP contribution in [-0.2, 0) is 0 Å². The summed E-state index contributed by atoms with van der Waals surface area (Å²) in [6, 6.07) is 8.86. The number of hydrogen-bond acceptors (Lipinski definition) is 5. The molecular formula is C17H13BrN4O3. The van der Waals surface area contributed by atoms with E-state index in [-0.39, 0.29) is 6.03 Å². The van der Waals surface area contributed by atoms with Gasteiger partial charge in [0.25, 0.3) is 0 Å². The molecule has 7 nitrogen and oxygen atoms in total. The van der Waals surface area contributed by atoms with Crippen molar-refractivity contribution in [1.82, 2.24) is 9.97 Å². The van der Waals surface area contributed by atoms with Crippen LogP contribution in [0.15, 0.2) is 41.1 Å². The Kier molecular flexibility index (Phi) is 3.69. The molecule has 126 valence electrons. The van der Waals surface area contributed by atoms with Crippen LogP contribution in [0.1, 0.15) is 0 Å². The molecule has 0 fully saturated rings. The van der Waals surface area contributed by atoms with E-state index in [0.29, 0.717) is 39.6 Å². The maximum Gasteiger partial charge on any atom is 0.332 e. The number of ether oxygens (including phenoxy) is 2. The van der Waals surface area contributed by atoms with Crippen molar-refractivity contribution in [2.75, 3.05) is 24.4 Å². The van der Waals surface area contributed by atoms with E-state index in [9.17, 15) is 4.79 Å². The maximum absolute atomic E-state index is 12.8. The number of nitrogens with one attached hydrogen (secondary N) is 1. The molecule has 0 saturated carbocycles. The first-order valence-corrected chi connectivity index (χ1v) is 8.19. The molecule has 2 heterocycles. The van der Waals surface area contributed by atoms with E-state index in [1.165, 1.54) is 25.4 Å². The van der Waals surface area contributed by atoms with Gasteiger partial charge in [-0.1, -0.05) is 22.0 Å². The van der Waals surface area contributed by atoms with Gasteiger partial charge in [0.15, 0.2) is 17.3 Å². The zero-order valence-electron chi connectivity index (χ0n) is 13.4. The highest BCUT2D eigenvalue weighted by Crippen LogP contribution is 2.47. The highest BCUT2D eigenvalue weighted by atomic mass is 79.9. The van der Waals surface area contributed by atoms with Crippen LogP contribution in [0.25, 0.3) is 10.9 Å². The standard InChI is InChI=1S/C17H13BrN4O3/c1-24-12-7-11-13-14(15(12)25-2)21-17(23)22(16(13)20-8-19-11)10-5-3-4-9(18)6-10/h3-8H,1-2H3,(H,21,23). The van der Waals surface area contributed by atoms with Crippen molar-refractivity contribution in [1.29, 1.82) is 0 Å². The van der Waals surface area contributed by atoms with Gasteiger partial charge in [-0.2, -0.15) is 0 Å². The summed E-state index contributed by atoms with van der Waals surface area (Å²) in [5.41, 5.74) is 1.84.